The summed E-state index contributed by atoms with van der Waals surface area (Å²) in [7, 11) is 0. The molecule has 0 bridgehead atoms. The zero-order chi connectivity index (χ0) is 25.7. The number of hydrogen-bond donors (Lipinski definition) is 2. The van der Waals surface area contributed by atoms with E-state index < -0.39 is 0 Å². The average Bonchev–Trinajstić information content (AvgIpc) is 3.18. The predicted molar refractivity (Wildman–Crippen MR) is 144 cm³/mol. The minimum Gasteiger partial charge on any atom is -0.462 e. The topological polar surface area (TPSA) is 76.7 Å². The van der Waals surface area contributed by atoms with E-state index in [9.17, 15) is 9.59 Å². The summed E-state index contributed by atoms with van der Waals surface area (Å²) in [4.78, 5) is 25.6. The Hall–Kier alpha value is -3.22. The molecule has 0 heterocycles. The van der Waals surface area contributed by atoms with Gasteiger partial charge in [0.05, 0.1) is 24.3 Å². The summed E-state index contributed by atoms with van der Waals surface area (Å²) in [6.07, 6.45) is 1.54. The molecule has 190 valence electrons. The second-order valence-corrected chi connectivity index (χ2v) is 9.85. The fourth-order valence-electron chi connectivity index (χ4n) is 4.58. The van der Waals surface area contributed by atoms with E-state index in [2.05, 4.69) is 44.4 Å². The van der Waals surface area contributed by atoms with Gasteiger partial charge in [-0.3, -0.25) is 0 Å². The fourth-order valence-corrected chi connectivity index (χ4v) is 4.58. The Labute approximate surface area is 213 Å². The third kappa shape index (κ3) is 5.77. The minimum absolute atomic E-state index is 0.310. The number of carbonyl (C=O) groups excluding carboxylic acids is 2. The summed E-state index contributed by atoms with van der Waals surface area (Å²) >= 11 is 0. The number of ether oxygens (including phenoxy) is 2. The van der Waals surface area contributed by atoms with Gasteiger partial charge in [-0.25, -0.2) is 9.59 Å². The summed E-state index contributed by atoms with van der Waals surface area (Å²) in [6.45, 7) is 10.7. The standard InChI is InChI=1S/C30H36N2O4/c1-19(2)31-14-6-16-35-29(33)21-10-11-22-23-8-5-9-24-26(13-12-25(28(23)24)27(22)18-21)30(34)36-17-7-15-32-20(3)4/h5,8-13,18-20,31-32H,6-7,14-17H2,1-4H3. The molecule has 0 spiro atoms. The van der Waals surface area contributed by atoms with Crippen molar-refractivity contribution in [2.75, 3.05) is 26.3 Å². The summed E-state index contributed by atoms with van der Waals surface area (Å²) in [5.41, 5.74) is 5.22. The summed E-state index contributed by atoms with van der Waals surface area (Å²) in [6, 6.07) is 16.3. The largest absolute Gasteiger partial charge is 0.462 e. The van der Waals surface area contributed by atoms with E-state index in [-0.39, 0.29) is 11.9 Å². The first-order chi connectivity index (χ1) is 17.4. The molecular formula is C30H36N2O4. The van der Waals surface area contributed by atoms with Crippen molar-refractivity contribution in [3.63, 3.8) is 0 Å². The van der Waals surface area contributed by atoms with Gasteiger partial charge in [0, 0.05) is 12.1 Å². The lowest BCUT2D eigenvalue weighted by Crippen LogP contribution is -2.24. The molecule has 1 aliphatic rings. The number of benzene rings is 3. The lowest BCUT2D eigenvalue weighted by Gasteiger charge is -2.11. The predicted octanol–water partition coefficient (Wildman–Crippen LogP) is 5.58. The maximum atomic E-state index is 12.9. The highest BCUT2D eigenvalue weighted by Gasteiger charge is 2.25. The molecule has 0 aromatic heterocycles. The van der Waals surface area contributed by atoms with Crippen molar-refractivity contribution in [2.24, 2.45) is 0 Å². The van der Waals surface area contributed by atoms with Gasteiger partial charge >= 0.3 is 11.9 Å². The van der Waals surface area contributed by atoms with Crippen LogP contribution in [0.15, 0.2) is 48.5 Å². The van der Waals surface area contributed by atoms with E-state index in [1.54, 1.807) is 0 Å². The number of fused-ring (bicyclic) bond motifs is 3. The SMILES string of the molecule is CC(C)NCCCOC(=O)c1ccc2c(c1)-c1ccc(C(=O)OCCCNC(C)C)c3cccc-2c13. The van der Waals surface area contributed by atoms with Gasteiger partial charge in [-0.05, 0) is 77.2 Å². The van der Waals surface area contributed by atoms with E-state index in [0.717, 1.165) is 59.0 Å². The molecule has 0 radical (unpaired) electrons. The van der Waals surface area contributed by atoms with Gasteiger partial charge in [-0.2, -0.15) is 0 Å². The summed E-state index contributed by atoms with van der Waals surface area (Å²) in [5.74, 6) is -0.628. The van der Waals surface area contributed by atoms with Crippen LogP contribution in [-0.2, 0) is 9.47 Å². The molecule has 2 N–H and O–H groups in total. The second kappa shape index (κ2) is 11.7. The lowest BCUT2D eigenvalue weighted by atomic mass is 9.98. The average molecular weight is 489 g/mol. The minimum atomic E-state index is -0.318. The first-order valence-electron chi connectivity index (χ1n) is 12.9. The lowest BCUT2D eigenvalue weighted by molar-refractivity contribution is 0.0492. The van der Waals surface area contributed by atoms with E-state index in [1.165, 1.54) is 0 Å². The number of rotatable bonds is 12. The van der Waals surface area contributed by atoms with Crippen molar-refractivity contribution >= 4 is 22.7 Å². The third-order valence-corrected chi connectivity index (χ3v) is 6.31. The molecule has 3 aromatic rings. The van der Waals surface area contributed by atoms with E-state index >= 15 is 0 Å². The highest BCUT2D eigenvalue weighted by molar-refractivity contribution is 6.20. The van der Waals surface area contributed by atoms with Gasteiger partial charge in [0.2, 0.25) is 0 Å². The highest BCUT2D eigenvalue weighted by Crippen LogP contribution is 2.48. The number of nitrogens with one attached hydrogen (secondary N) is 2. The van der Waals surface area contributed by atoms with Crippen LogP contribution in [0.4, 0.5) is 0 Å². The Morgan fingerprint density at radius 3 is 2.00 bits per heavy atom. The van der Waals surface area contributed by atoms with Gasteiger partial charge in [0.15, 0.2) is 0 Å². The number of hydrogen-bond acceptors (Lipinski definition) is 6. The zero-order valence-corrected chi connectivity index (χ0v) is 21.6. The third-order valence-electron chi connectivity index (χ3n) is 6.31. The smallest absolute Gasteiger partial charge is 0.338 e. The molecule has 3 aromatic carbocycles. The van der Waals surface area contributed by atoms with Crippen LogP contribution in [0, 0.1) is 0 Å². The molecule has 0 atom stereocenters. The van der Waals surface area contributed by atoms with Crippen LogP contribution in [-0.4, -0.2) is 50.3 Å². The van der Waals surface area contributed by atoms with Gasteiger partial charge in [0.25, 0.3) is 0 Å². The van der Waals surface area contributed by atoms with E-state index in [1.807, 2.05) is 42.5 Å². The highest BCUT2D eigenvalue weighted by atomic mass is 16.5. The normalized spacial score (nSPS) is 11.8. The Morgan fingerprint density at radius 1 is 0.722 bits per heavy atom. The molecule has 36 heavy (non-hydrogen) atoms. The Kier molecular flexibility index (Phi) is 8.39. The molecule has 0 amide bonds. The first-order valence-corrected chi connectivity index (χ1v) is 12.9. The fraction of sp³-hybridized carbons (Fsp3) is 0.400. The first kappa shape index (κ1) is 25.9. The quantitative estimate of drug-likeness (QED) is 0.200. The van der Waals surface area contributed by atoms with Crippen LogP contribution < -0.4 is 10.6 Å². The van der Waals surface area contributed by atoms with E-state index in [0.29, 0.717) is 36.4 Å². The monoisotopic (exact) mass is 488 g/mol. The summed E-state index contributed by atoms with van der Waals surface area (Å²) < 4.78 is 11.1. The number of esters is 2. The molecule has 0 saturated carbocycles. The maximum absolute atomic E-state index is 12.9. The molecule has 0 saturated heterocycles. The summed E-state index contributed by atoms with van der Waals surface area (Å²) in [5, 5.41) is 8.54. The number of carbonyl (C=O) groups is 2. The van der Waals surface area contributed by atoms with Gasteiger partial charge in [0.1, 0.15) is 0 Å². The van der Waals surface area contributed by atoms with Crippen LogP contribution in [0.5, 0.6) is 0 Å². The van der Waals surface area contributed by atoms with Crippen molar-refractivity contribution < 1.29 is 19.1 Å². The van der Waals surface area contributed by atoms with Crippen molar-refractivity contribution in [1.29, 1.82) is 0 Å². The molecule has 0 unspecified atom stereocenters. The van der Waals surface area contributed by atoms with Crippen molar-refractivity contribution in [2.45, 2.75) is 52.6 Å². The van der Waals surface area contributed by atoms with Crippen LogP contribution in [0.1, 0.15) is 61.3 Å². The zero-order valence-electron chi connectivity index (χ0n) is 21.6. The second-order valence-electron chi connectivity index (χ2n) is 9.85. The Bertz CT molecular complexity index is 1250. The molecule has 1 aliphatic carbocycles. The molecule has 6 nitrogen and oxygen atoms in total. The van der Waals surface area contributed by atoms with E-state index in [4.69, 9.17) is 9.47 Å². The van der Waals surface area contributed by atoms with Crippen molar-refractivity contribution in [3.05, 3.63) is 59.7 Å². The molecular weight excluding hydrogens is 452 g/mol. The molecule has 6 heteroatoms. The molecule has 0 aliphatic heterocycles. The van der Waals surface area contributed by atoms with Crippen LogP contribution in [0.2, 0.25) is 0 Å². The van der Waals surface area contributed by atoms with Gasteiger partial charge in [-0.1, -0.05) is 58.0 Å². The van der Waals surface area contributed by atoms with Crippen LogP contribution >= 0.6 is 0 Å². The Balaban J connectivity index is 1.50. The van der Waals surface area contributed by atoms with Crippen LogP contribution in [0.3, 0.4) is 0 Å². The molecule has 4 rings (SSSR count). The van der Waals surface area contributed by atoms with Gasteiger partial charge in [-0.15, -0.1) is 0 Å². The van der Waals surface area contributed by atoms with Gasteiger partial charge < -0.3 is 20.1 Å². The Morgan fingerprint density at radius 2 is 1.33 bits per heavy atom. The maximum Gasteiger partial charge on any atom is 0.338 e. The van der Waals surface area contributed by atoms with Crippen molar-refractivity contribution in [3.8, 4) is 22.3 Å². The van der Waals surface area contributed by atoms with Crippen molar-refractivity contribution in [1.82, 2.24) is 10.6 Å². The molecule has 0 fully saturated rings. The van der Waals surface area contributed by atoms with Crippen LogP contribution in [0.25, 0.3) is 33.0 Å².